The molecule has 0 bridgehead atoms. The molecule has 0 saturated heterocycles. The number of H-pyrrole nitrogens is 1. The number of carbonyl (C=O) groups is 2. The predicted octanol–water partition coefficient (Wildman–Crippen LogP) is 7.77. The summed E-state index contributed by atoms with van der Waals surface area (Å²) in [6.45, 7) is 2.35. The fourth-order valence-electron chi connectivity index (χ4n) is 5.24. The van der Waals surface area contributed by atoms with E-state index in [0.29, 0.717) is 29.8 Å². The van der Waals surface area contributed by atoms with E-state index in [1.54, 1.807) is 47.7 Å². The molecule has 3 aromatic carbocycles. The molecule has 0 saturated carbocycles. The molecule has 1 aliphatic rings. The van der Waals surface area contributed by atoms with Crippen LogP contribution in [0.1, 0.15) is 32.0 Å². The standard InChI is InChI=1S/C33H24ClN5O2S/c1-19-10-15-24(30(34)35-19)32(40)36-22-13-11-20(12-14-22)33(41)39-17-16-21-18-28(31-37-25-7-3-4-8-26(25)38-31)42-29(21)23-6-2-5-9-27(23)39/h2-15,18H,16-17H2,1H3,(H,36,40)(H,37,38). The Morgan fingerprint density at radius 3 is 2.55 bits per heavy atom. The minimum atomic E-state index is -0.360. The summed E-state index contributed by atoms with van der Waals surface area (Å²) in [6.07, 6.45) is 0.714. The molecule has 7 nitrogen and oxygen atoms in total. The van der Waals surface area contributed by atoms with E-state index in [1.807, 2.05) is 54.3 Å². The summed E-state index contributed by atoms with van der Waals surface area (Å²) in [4.78, 5) is 43.0. The Morgan fingerprint density at radius 2 is 1.74 bits per heavy atom. The van der Waals surface area contributed by atoms with Crippen LogP contribution in [0.25, 0.3) is 32.2 Å². The van der Waals surface area contributed by atoms with Gasteiger partial charge in [-0.05, 0) is 79.6 Å². The third-order valence-corrected chi connectivity index (χ3v) is 8.85. The van der Waals surface area contributed by atoms with Crippen LogP contribution in [0.4, 0.5) is 11.4 Å². The zero-order valence-electron chi connectivity index (χ0n) is 22.5. The number of para-hydroxylation sites is 3. The highest BCUT2D eigenvalue weighted by Crippen LogP contribution is 2.44. The van der Waals surface area contributed by atoms with Gasteiger partial charge in [0.1, 0.15) is 11.0 Å². The molecule has 42 heavy (non-hydrogen) atoms. The van der Waals surface area contributed by atoms with Crippen LogP contribution in [0.5, 0.6) is 0 Å². The van der Waals surface area contributed by atoms with E-state index in [-0.39, 0.29) is 17.0 Å². The van der Waals surface area contributed by atoms with Crippen molar-refractivity contribution >= 4 is 57.2 Å². The summed E-state index contributed by atoms with van der Waals surface area (Å²) in [5.41, 5.74) is 7.16. The third-order valence-electron chi connectivity index (χ3n) is 7.34. The number of hydrogen-bond acceptors (Lipinski definition) is 5. The molecule has 3 aromatic heterocycles. The van der Waals surface area contributed by atoms with Crippen LogP contribution in [0, 0.1) is 6.92 Å². The number of hydrogen-bond donors (Lipinski definition) is 2. The number of aromatic amines is 1. The Morgan fingerprint density at radius 1 is 0.952 bits per heavy atom. The minimum absolute atomic E-state index is 0.0984. The largest absolute Gasteiger partial charge is 0.337 e. The van der Waals surface area contributed by atoms with Crippen LogP contribution in [0.3, 0.4) is 0 Å². The van der Waals surface area contributed by atoms with Gasteiger partial charge in [0.25, 0.3) is 11.8 Å². The van der Waals surface area contributed by atoms with Gasteiger partial charge in [-0.25, -0.2) is 9.97 Å². The number of carbonyl (C=O) groups excluding carboxylic acids is 2. The van der Waals surface area contributed by atoms with Crippen molar-refractivity contribution in [2.24, 2.45) is 0 Å². The predicted molar refractivity (Wildman–Crippen MR) is 169 cm³/mol. The molecule has 0 aliphatic carbocycles. The topological polar surface area (TPSA) is 91.0 Å². The number of aryl methyl sites for hydroxylation is 1. The van der Waals surface area contributed by atoms with Crippen molar-refractivity contribution in [3.05, 3.63) is 119 Å². The van der Waals surface area contributed by atoms with Crippen LogP contribution in [-0.4, -0.2) is 33.3 Å². The first kappa shape index (κ1) is 26.1. The summed E-state index contributed by atoms with van der Waals surface area (Å²) >= 11 is 7.84. The van der Waals surface area contributed by atoms with E-state index < -0.39 is 0 Å². The number of pyridine rings is 1. The number of thiophene rings is 1. The van der Waals surface area contributed by atoms with Crippen LogP contribution < -0.4 is 10.2 Å². The highest BCUT2D eigenvalue weighted by atomic mass is 35.5. The van der Waals surface area contributed by atoms with Gasteiger partial charge in [-0.15, -0.1) is 11.3 Å². The number of rotatable bonds is 4. The van der Waals surface area contributed by atoms with E-state index in [0.717, 1.165) is 43.6 Å². The second-order valence-corrected chi connectivity index (χ2v) is 11.5. The fourth-order valence-corrected chi connectivity index (χ4v) is 6.71. The normalized spacial score (nSPS) is 12.5. The van der Waals surface area contributed by atoms with Crippen LogP contribution >= 0.6 is 22.9 Å². The fraction of sp³-hybridized carbons (Fsp3) is 0.0909. The first-order valence-electron chi connectivity index (χ1n) is 13.5. The maximum Gasteiger partial charge on any atom is 0.258 e. The summed E-state index contributed by atoms with van der Waals surface area (Å²) in [5, 5.41) is 2.98. The Bertz CT molecular complexity index is 1960. The zero-order valence-corrected chi connectivity index (χ0v) is 24.1. The molecule has 4 heterocycles. The number of amides is 2. The molecule has 0 spiro atoms. The second-order valence-electron chi connectivity index (χ2n) is 10.1. The van der Waals surface area contributed by atoms with Crippen molar-refractivity contribution in [2.75, 3.05) is 16.8 Å². The molecule has 0 atom stereocenters. The minimum Gasteiger partial charge on any atom is -0.337 e. The van der Waals surface area contributed by atoms with Crippen molar-refractivity contribution in [3.8, 4) is 21.1 Å². The number of aromatic nitrogens is 3. The maximum atomic E-state index is 13.8. The smallest absolute Gasteiger partial charge is 0.258 e. The molecule has 2 amide bonds. The number of benzene rings is 3. The van der Waals surface area contributed by atoms with Gasteiger partial charge in [0.2, 0.25) is 0 Å². The lowest BCUT2D eigenvalue weighted by Crippen LogP contribution is -2.32. The summed E-state index contributed by atoms with van der Waals surface area (Å²) in [5.74, 6) is 0.396. The Balaban J connectivity index is 1.14. The monoisotopic (exact) mass is 589 g/mol. The molecule has 7 rings (SSSR count). The maximum absolute atomic E-state index is 13.8. The van der Waals surface area contributed by atoms with Gasteiger partial charge in [0.15, 0.2) is 0 Å². The first-order chi connectivity index (χ1) is 20.4. The van der Waals surface area contributed by atoms with Crippen molar-refractivity contribution in [1.82, 2.24) is 15.0 Å². The van der Waals surface area contributed by atoms with Gasteiger partial charge >= 0.3 is 0 Å². The molecule has 0 unspecified atom stereocenters. The van der Waals surface area contributed by atoms with E-state index in [2.05, 4.69) is 27.4 Å². The average Bonchev–Trinajstić information content (AvgIpc) is 3.59. The number of anilines is 2. The van der Waals surface area contributed by atoms with Gasteiger partial charge < -0.3 is 15.2 Å². The molecule has 0 fully saturated rings. The SMILES string of the molecule is Cc1ccc(C(=O)Nc2ccc(C(=O)N3CCc4cc(-c5nc6ccccc6[nH]5)sc4-c4ccccc43)cc2)c(Cl)n1. The Hall–Kier alpha value is -4.79. The van der Waals surface area contributed by atoms with E-state index in [1.165, 1.54) is 5.56 Å². The molecular weight excluding hydrogens is 566 g/mol. The van der Waals surface area contributed by atoms with E-state index in [4.69, 9.17) is 16.6 Å². The number of nitrogens with zero attached hydrogens (tertiary/aromatic N) is 3. The molecule has 206 valence electrons. The lowest BCUT2D eigenvalue weighted by atomic mass is 10.1. The molecule has 6 aromatic rings. The average molecular weight is 590 g/mol. The lowest BCUT2D eigenvalue weighted by molar-refractivity contribution is 0.0986. The molecule has 2 N–H and O–H groups in total. The molecular formula is C33H24ClN5O2S. The second kappa shape index (κ2) is 10.6. The summed E-state index contributed by atoms with van der Waals surface area (Å²) in [7, 11) is 0. The van der Waals surface area contributed by atoms with Gasteiger partial charge in [-0.1, -0.05) is 41.9 Å². The summed E-state index contributed by atoms with van der Waals surface area (Å²) < 4.78 is 0. The van der Waals surface area contributed by atoms with Gasteiger partial charge in [-0.2, -0.15) is 0 Å². The van der Waals surface area contributed by atoms with Crippen LogP contribution in [-0.2, 0) is 6.42 Å². The highest BCUT2D eigenvalue weighted by Gasteiger charge is 2.27. The Kier molecular flexibility index (Phi) is 6.57. The zero-order chi connectivity index (χ0) is 28.8. The quantitative estimate of drug-likeness (QED) is 0.205. The number of nitrogens with one attached hydrogen (secondary N) is 2. The van der Waals surface area contributed by atoms with Crippen molar-refractivity contribution in [1.29, 1.82) is 0 Å². The number of fused-ring (bicyclic) bond motifs is 4. The van der Waals surface area contributed by atoms with Crippen LogP contribution in [0.15, 0.2) is 91.0 Å². The first-order valence-corrected chi connectivity index (χ1v) is 14.7. The molecule has 9 heteroatoms. The van der Waals surface area contributed by atoms with E-state index in [9.17, 15) is 9.59 Å². The van der Waals surface area contributed by atoms with E-state index >= 15 is 0 Å². The number of halogens is 1. The van der Waals surface area contributed by atoms with Crippen molar-refractivity contribution in [2.45, 2.75) is 13.3 Å². The highest BCUT2D eigenvalue weighted by molar-refractivity contribution is 7.19. The van der Waals surface area contributed by atoms with Gasteiger partial charge in [0.05, 0.1) is 27.2 Å². The molecule has 0 radical (unpaired) electrons. The van der Waals surface area contributed by atoms with Crippen molar-refractivity contribution < 1.29 is 9.59 Å². The summed E-state index contributed by atoms with van der Waals surface area (Å²) in [6, 6.07) is 28.5. The van der Waals surface area contributed by atoms with Crippen molar-refractivity contribution in [3.63, 3.8) is 0 Å². The number of imidazole rings is 1. The lowest BCUT2D eigenvalue weighted by Gasteiger charge is -2.23. The van der Waals surface area contributed by atoms with Crippen LogP contribution in [0.2, 0.25) is 5.15 Å². The Labute approximate surface area is 250 Å². The third kappa shape index (κ3) is 4.74. The molecule has 1 aliphatic heterocycles. The van der Waals surface area contributed by atoms with Gasteiger partial charge in [-0.3, -0.25) is 9.59 Å². The van der Waals surface area contributed by atoms with Gasteiger partial charge in [0, 0.05) is 33.9 Å².